The van der Waals surface area contributed by atoms with Crippen LogP contribution >= 0.6 is 11.3 Å². The van der Waals surface area contributed by atoms with Gasteiger partial charge in [-0.05, 0) is 24.1 Å². The molecule has 0 fully saturated rings. The van der Waals surface area contributed by atoms with Crippen LogP contribution in [0.25, 0.3) is 10.4 Å². The normalized spacial score (nSPS) is 10.3. The van der Waals surface area contributed by atoms with Crippen LogP contribution in [0.1, 0.15) is 22.8 Å². The van der Waals surface area contributed by atoms with Crippen LogP contribution in [0.5, 0.6) is 0 Å². The number of halogens is 1. The van der Waals surface area contributed by atoms with E-state index in [1.807, 2.05) is 76.4 Å². The van der Waals surface area contributed by atoms with E-state index in [4.69, 9.17) is 4.74 Å². The second kappa shape index (κ2) is 11.4. The van der Waals surface area contributed by atoms with Gasteiger partial charge in [0.15, 0.2) is 6.54 Å². The third kappa shape index (κ3) is 6.31. The van der Waals surface area contributed by atoms with E-state index in [2.05, 4.69) is 17.4 Å². The van der Waals surface area contributed by atoms with Crippen molar-refractivity contribution in [1.82, 2.24) is 4.57 Å². The van der Waals surface area contributed by atoms with Crippen LogP contribution in [0.2, 0.25) is 0 Å². The van der Waals surface area contributed by atoms with E-state index in [0.717, 1.165) is 17.0 Å². The minimum Gasteiger partial charge on any atom is -1.00 e. The van der Waals surface area contributed by atoms with Crippen molar-refractivity contribution < 1.29 is 31.3 Å². The number of anilines is 1. The number of thiophene rings is 1. The molecule has 0 spiro atoms. The monoisotopic (exact) mass is 481 g/mol. The minimum absolute atomic E-state index is 0. The summed E-state index contributed by atoms with van der Waals surface area (Å²) in [5, 5.41) is 3.39. The van der Waals surface area contributed by atoms with Crippen LogP contribution in [0.3, 0.4) is 0 Å². The van der Waals surface area contributed by atoms with Gasteiger partial charge in [-0.3, -0.25) is 4.79 Å². The number of amides is 1. The number of nitrogens with zero attached hydrogens (tertiary/aromatic N) is 2. The van der Waals surface area contributed by atoms with Gasteiger partial charge < -0.3 is 22.5 Å². The van der Waals surface area contributed by atoms with Gasteiger partial charge in [-0.2, -0.15) is 0 Å². The molecule has 4 rings (SSSR count). The second-order valence-corrected chi connectivity index (χ2v) is 8.28. The summed E-state index contributed by atoms with van der Waals surface area (Å²) in [6.45, 7) is 2.90. The Bertz CT molecular complexity index is 1210. The Hall–Kier alpha value is -3.42. The van der Waals surface area contributed by atoms with Crippen LogP contribution in [0, 0.1) is 0 Å². The summed E-state index contributed by atoms with van der Waals surface area (Å²) < 4.78 is 9.02. The maximum atomic E-state index is 12.7. The number of carbonyl (C=O) groups excluding carboxylic acids is 2. The van der Waals surface area contributed by atoms with Crippen molar-refractivity contribution in [3.8, 4) is 10.4 Å². The van der Waals surface area contributed by atoms with Gasteiger partial charge in [0.1, 0.15) is 23.9 Å². The summed E-state index contributed by atoms with van der Waals surface area (Å²) >= 11 is 1.37. The van der Waals surface area contributed by atoms with Crippen molar-refractivity contribution in [2.45, 2.75) is 20.0 Å². The first-order valence-corrected chi connectivity index (χ1v) is 11.2. The van der Waals surface area contributed by atoms with E-state index in [9.17, 15) is 9.59 Å². The molecule has 0 aliphatic carbocycles. The van der Waals surface area contributed by atoms with Crippen molar-refractivity contribution >= 4 is 28.2 Å². The number of rotatable bonds is 8. The highest BCUT2D eigenvalue weighted by Gasteiger charge is 2.20. The van der Waals surface area contributed by atoms with Crippen LogP contribution in [0.15, 0.2) is 85.5 Å². The molecule has 4 aromatic rings. The van der Waals surface area contributed by atoms with E-state index in [1.54, 1.807) is 13.0 Å². The van der Waals surface area contributed by atoms with Gasteiger partial charge in [-0.25, -0.2) is 13.9 Å². The van der Waals surface area contributed by atoms with E-state index in [0.29, 0.717) is 10.6 Å². The Morgan fingerprint density at radius 3 is 2.45 bits per heavy atom. The molecular weight excluding hydrogens is 458 g/mol. The van der Waals surface area contributed by atoms with Gasteiger partial charge in [0.2, 0.25) is 6.33 Å². The van der Waals surface area contributed by atoms with Crippen molar-refractivity contribution in [3.63, 3.8) is 0 Å². The van der Waals surface area contributed by atoms with Gasteiger partial charge in [-0.1, -0.05) is 60.7 Å². The predicted octanol–water partition coefficient (Wildman–Crippen LogP) is 1.37. The Morgan fingerprint density at radius 2 is 1.76 bits per heavy atom. The Labute approximate surface area is 202 Å². The summed E-state index contributed by atoms with van der Waals surface area (Å²) in [6.07, 6.45) is 5.68. The maximum absolute atomic E-state index is 12.7. The Kier molecular flexibility index (Phi) is 8.40. The number of ether oxygens (including phenoxy) is 1. The van der Waals surface area contributed by atoms with Gasteiger partial charge in [0.25, 0.3) is 5.91 Å². The molecule has 0 atom stereocenters. The first-order chi connectivity index (χ1) is 15.6. The molecule has 2 aromatic heterocycles. The van der Waals surface area contributed by atoms with Crippen molar-refractivity contribution in [1.29, 1.82) is 0 Å². The molecule has 1 N–H and O–H groups in total. The molecule has 0 radical (unpaired) electrons. The number of benzene rings is 2. The van der Waals surface area contributed by atoms with Crippen LogP contribution < -0.4 is 22.3 Å². The predicted molar refractivity (Wildman–Crippen MR) is 125 cm³/mol. The lowest BCUT2D eigenvalue weighted by Gasteiger charge is -2.05. The molecule has 0 aliphatic rings. The van der Waals surface area contributed by atoms with Gasteiger partial charge in [0, 0.05) is 4.88 Å². The standard InChI is InChI=1S/C25H23N3O3S.ClH/c1-2-31-25(30)21-15-22(20-11-7-4-8-12-20)32-24(21)26-23(29)17-28-14-13-27(18-28)16-19-9-5-3-6-10-19;/h3-15,18H,2,16-17H2,1H3;1H. The number of aromatic nitrogens is 2. The van der Waals surface area contributed by atoms with Crippen molar-refractivity contribution in [2.24, 2.45) is 0 Å². The molecule has 2 aromatic carbocycles. The molecule has 33 heavy (non-hydrogen) atoms. The van der Waals surface area contributed by atoms with Gasteiger partial charge >= 0.3 is 5.97 Å². The quantitative estimate of drug-likeness (QED) is 0.305. The highest BCUT2D eigenvalue weighted by atomic mass is 35.5. The average Bonchev–Trinajstić information content (AvgIpc) is 3.42. The number of nitrogens with one attached hydrogen (secondary N) is 1. The molecule has 0 unspecified atom stereocenters. The summed E-state index contributed by atoms with van der Waals surface area (Å²) in [5.74, 6) is -0.651. The third-order valence-corrected chi connectivity index (χ3v) is 5.92. The van der Waals surface area contributed by atoms with E-state index in [1.165, 1.54) is 16.9 Å². The summed E-state index contributed by atoms with van der Waals surface area (Å²) in [6, 6.07) is 21.7. The molecule has 2 heterocycles. The van der Waals surface area contributed by atoms with Crippen LogP contribution in [-0.4, -0.2) is 23.1 Å². The first kappa shape index (κ1) is 24.2. The number of esters is 1. The maximum Gasteiger partial charge on any atom is 0.341 e. The van der Waals surface area contributed by atoms with Crippen LogP contribution in [0.4, 0.5) is 5.00 Å². The van der Waals surface area contributed by atoms with Crippen molar-refractivity contribution in [3.05, 3.63) is 96.6 Å². The Morgan fingerprint density at radius 1 is 1.06 bits per heavy atom. The fourth-order valence-corrected chi connectivity index (χ4v) is 4.41. The zero-order valence-corrected chi connectivity index (χ0v) is 19.7. The topological polar surface area (TPSA) is 64.2 Å². The molecule has 8 heteroatoms. The number of hydrogen-bond donors (Lipinski definition) is 1. The average molecular weight is 482 g/mol. The van der Waals surface area contributed by atoms with E-state index >= 15 is 0 Å². The van der Waals surface area contributed by atoms with Gasteiger partial charge in [0.05, 0.1) is 12.2 Å². The molecule has 1 amide bonds. The molecule has 0 aliphatic heterocycles. The summed E-state index contributed by atoms with van der Waals surface area (Å²) in [5.41, 5.74) is 2.54. The SMILES string of the molecule is CCOC(=O)c1cc(-c2ccccc2)sc1NC(=O)Cn1cc[n+](Cc2ccccc2)c1.[Cl-]. The third-order valence-electron chi connectivity index (χ3n) is 4.82. The summed E-state index contributed by atoms with van der Waals surface area (Å²) in [7, 11) is 0. The number of carbonyl (C=O) groups is 2. The zero-order valence-electron chi connectivity index (χ0n) is 18.1. The number of imidazole rings is 1. The fourth-order valence-electron chi connectivity index (χ4n) is 3.34. The number of hydrogen-bond acceptors (Lipinski definition) is 4. The lowest BCUT2D eigenvalue weighted by atomic mass is 10.1. The fraction of sp³-hybridized carbons (Fsp3) is 0.160. The molecule has 0 saturated carbocycles. The second-order valence-electron chi connectivity index (χ2n) is 7.23. The lowest BCUT2D eigenvalue weighted by molar-refractivity contribution is -0.687. The van der Waals surface area contributed by atoms with E-state index in [-0.39, 0.29) is 31.5 Å². The molecule has 170 valence electrons. The van der Waals surface area contributed by atoms with Gasteiger partial charge in [-0.15, -0.1) is 11.3 Å². The van der Waals surface area contributed by atoms with Crippen LogP contribution in [-0.2, 0) is 22.6 Å². The Balaban J connectivity index is 0.00000306. The largest absolute Gasteiger partial charge is 1.00 e. The first-order valence-electron chi connectivity index (χ1n) is 10.4. The lowest BCUT2D eigenvalue weighted by Crippen LogP contribution is -3.00. The highest BCUT2D eigenvalue weighted by Crippen LogP contribution is 2.35. The molecule has 0 saturated heterocycles. The minimum atomic E-state index is -0.442. The molecule has 0 bridgehead atoms. The van der Waals surface area contributed by atoms with E-state index < -0.39 is 5.97 Å². The smallest absolute Gasteiger partial charge is 0.341 e. The molecule has 6 nitrogen and oxygen atoms in total. The summed E-state index contributed by atoms with van der Waals surface area (Å²) in [4.78, 5) is 26.1. The zero-order chi connectivity index (χ0) is 22.3. The molecular formula is C25H24ClN3O3S. The highest BCUT2D eigenvalue weighted by molar-refractivity contribution is 7.20. The van der Waals surface area contributed by atoms with Crippen molar-refractivity contribution in [2.75, 3.05) is 11.9 Å².